The standard InChI is InChI=1S/C30H24N2O5/c1-37-30(36)23-10-8-21(9-11-23)26-25(27(33)22-12-15-31-16-13-22)28(34)29(35)32(26)17-14-19-6-7-20-4-2-3-5-24(20)18-19/h2-13,15-16,18,26,33H,14,17H2,1H3/b27-25+. The van der Waals surface area contributed by atoms with Gasteiger partial charge < -0.3 is 14.7 Å². The van der Waals surface area contributed by atoms with Crippen molar-refractivity contribution >= 4 is 34.2 Å². The molecule has 3 aromatic carbocycles. The predicted molar refractivity (Wildman–Crippen MR) is 139 cm³/mol. The molecule has 1 aliphatic rings. The van der Waals surface area contributed by atoms with Crippen LogP contribution in [0.3, 0.4) is 0 Å². The van der Waals surface area contributed by atoms with E-state index >= 15 is 0 Å². The molecular weight excluding hydrogens is 468 g/mol. The van der Waals surface area contributed by atoms with Gasteiger partial charge in [-0.3, -0.25) is 14.6 Å². The maximum absolute atomic E-state index is 13.2. The molecule has 1 atom stereocenters. The number of rotatable bonds is 6. The van der Waals surface area contributed by atoms with Gasteiger partial charge in [0.2, 0.25) is 0 Å². The van der Waals surface area contributed by atoms with Gasteiger partial charge in [0, 0.05) is 24.5 Å². The van der Waals surface area contributed by atoms with Crippen molar-refractivity contribution in [2.24, 2.45) is 0 Å². The molecule has 1 saturated heterocycles. The topological polar surface area (TPSA) is 96.8 Å². The molecule has 7 nitrogen and oxygen atoms in total. The Morgan fingerprint density at radius 3 is 2.32 bits per heavy atom. The van der Waals surface area contributed by atoms with E-state index in [-0.39, 0.29) is 17.9 Å². The number of pyridine rings is 1. The molecule has 0 aliphatic carbocycles. The fourth-order valence-electron chi connectivity index (χ4n) is 4.69. The second kappa shape index (κ2) is 10.1. The van der Waals surface area contributed by atoms with Crippen LogP contribution in [-0.2, 0) is 20.7 Å². The highest BCUT2D eigenvalue weighted by atomic mass is 16.5. The van der Waals surface area contributed by atoms with Crippen LogP contribution < -0.4 is 0 Å². The van der Waals surface area contributed by atoms with E-state index in [2.05, 4.69) is 11.1 Å². The number of methoxy groups -OCH3 is 1. The first-order valence-corrected chi connectivity index (χ1v) is 11.8. The van der Waals surface area contributed by atoms with Crippen LogP contribution in [0.4, 0.5) is 0 Å². The lowest BCUT2D eigenvalue weighted by Crippen LogP contribution is -2.31. The summed E-state index contributed by atoms with van der Waals surface area (Å²) in [6.07, 6.45) is 3.53. The molecule has 4 aromatic rings. The number of nitrogens with zero attached hydrogens (tertiary/aromatic N) is 2. The largest absolute Gasteiger partial charge is 0.507 e. The molecule has 1 fully saturated rings. The number of carbonyl (C=O) groups excluding carboxylic acids is 3. The van der Waals surface area contributed by atoms with E-state index in [0.29, 0.717) is 23.1 Å². The molecule has 184 valence electrons. The minimum Gasteiger partial charge on any atom is -0.507 e. The van der Waals surface area contributed by atoms with Gasteiger partial charge in [-0.2, -0.15) is 0 Å². The smallest absolute Gasteiger partial charge is 0.337 e. The minimum atomic E-state index is -0.819. The van der Waals surface area contributed by atoms with Crippen LogP contribution in [-0.4, -0.2) is 46.3 Å². The van der Waals surface area contributed by atoms with E-state index in [4.69, 9.17) is 4.74 Å². The fourth-order valence-corrected chi connectivity index (χ4v) is 4.69. The maximum atomic E-state index is 13.2. The summed E-state index contributed by atoms with van der Waals surface area (Å²) >= 11 is 0. The quantitative estimate of drug-likeness (QED) is 0.182. The van der Waals surface area contributed by atoms with Crippen molar-refractivity contribution in [2.45, 2.75) is 12.5 Å². The number of aliphatic hydroxyl groups is 1. The van der Waals surface area contributed by atoms with Gasteiger partial charge in [-0.05, 0) is 52.6 Å². The number of ketones is 1. The highest BCUT2D eigenvalue weighted by molar-refractivity contribution is 6.46. The van der Waals surface area contributed by atoms with Crippen LogP contribution in [0.25, 0.3) is 16.5 Å². The highest BCUT2D eigenvalue weighted by Crippen LogP contribution is 2.39. The number of hydrogen-bond acceptors (Lipinski definition) is 6. The molecule has 0 bridgehead atoms. The summed E-state index contributed by atoms with van der Waals surface area (Å²) in [4.78, 5) is 43.8. The van der Waals surface area contributed by atoms with Gasteiger partial charge in [-0.15, -0.1) is 0 Å². The monoisotopic (exact) mass is 492 g/mol. The summed E-state index contributed by atoms with van der Waals surface area (Å²) in [7, 11) is 1.30. The lowest BCUT2D eigenvalue weighted by molar-refractivity contribution is -0.139. The number of fused-ring (bicyclic) bond motifs is 1. The van der Waals surface area contributed by atoms with Crippen molar-refractivity contribution in [1.82, 2.24) is 9.88 Å². The molecule has 0 radical (unpaired) electrons. The SMILES string of the molecule is COC(=O)c1ccc(C2/C(=C(\O)c3ccncc3)C(=O)C(=O)N2CCc2ccc3ccccc3c2)cc1. The Bertz CT molecular complexity index is 1530. The lowest BCUT2D eigenvalue weighted by atomic mass is 9.94. The molecule has 1 N–H and O–H groups in total. The van der Waals surface area contributed by atoms with Gasteiger partial charge in [0.1, 0.15) is 5.76 Å². The van der Waals surface area contributed by atoms with Crippen LogP contribution in [0.15, 0.2) is 96.8 Å². The normalized spacial score (nSPS) is 16.8. The third-order valence-electron chi connectivity index (χ3n) is 6.60. The van der Waals surface area contributed by atoms with Gasteiger partial charge in [0.05, 0.1) is 24.3 Å². The minimum absolute atomic E-state index is 0.000490. The van der Waals surface area contributed by atoms with E-state index in [1.165, 1.54) is 24.4 Å². The molecular formula is C30H24N2O5. The molecule has 1 aromatic heterocycles. The van der Waals surface area contributed by atoms with Crippen molar-refractivity contribution < 1.29 is 24.2 Å². The lowest BCUT2D eigenvalue weighted by Gasteiger charge is -2.25. The summed E-state index contributed by atoms with van der Waals surface area (Å²) in [6.45, 7) is 0.263. The first-order valence-electron chi connectivity index (χ1n) is 11.8. The first-order chi connectivity index (χ1) is 18.0. The number of benzene rings is 3. The number of amides is 1. The van der Waals surface area contributed by atoms with E-state index in [0.717, 1.165) is 16.3 Å². The fraction of sp³-hybridized carbons (Fsp3) is 0.133. The summed E-state index contributed by atoms with van der Waals surface area (Å²) in [6, 6.07) is 23.0. The zero-order valence-electron chi connectivity index (χ0n) is 20.1. The van der Waals surface area contributed by atoms with Crippen molar-refractivity contribution in [1.29, 1.82) is 0 Å². The molecule has 0 saturated carbocycles. The third-order valence-corrected chi connectivity index (χ3v) is 6.60. The Labute approximate surface area is 213 Å². The van der Waals surface area contributed by atoms with Crippen molar-refractivity contribution in [3.05, 3.63) is 119 Å². The number of esters is 1. The summed E-state index contributed by atoms with van der Waals surface area (Å²) < 4.78 is 4.78. The summed E-state index contributed by atoms with van der Waals surface area (Å²) in [5.74, 6) is -2.20. The van der Waals surface area contributed by atoms with Crippen LogP contribution >= 0.6 is 0 Å². The number of carbonyl (C=O) groups is 3. The second-order valence-corrected chi connectivity index (χ2v) is 8.77. The first kappa shape index (κ1) is 23.9. The van der Waals surface area contributed by atoms with Crippen LogP contribution in [0, 0.1) is 0 Å². The number of ether oxygens (including phenoxy) is 1. The van der Waals surface area contributed by atoms with Crippen LogP contribution in [0.5, 0.6) is 0 Å². The van der Waals surface area contributed by atoms with Crippen LogP contribution in [0.1, 0.15) is 33.1 Å². The second-order valence-electron chi connectivity index (χ2n) is 8.77. The van der Waals surface area contributed by atoms with Gasteiger partial charge in [0.25, 0.3) is 11.7 Å². The van der Waals surface area contributed by atoms with Crippen LogP contribution in [0.2, 0.25) is 0 Å². The van der Waals surface area contributed by atoms with Gasteiger partial charge in [-0.1, -0.05) is 54.6 Å². The third kappa shape index (κ3) is 4.59. The zero-order valence-corrected chi connectivity index (χ0v) is 20.1. The summed E-state index contributed by atoms with van der Waals surface area (Å²) in [5, 5.41) is 13.3. The highest BCUT2D eigenvalue weighted by Gasteiger charge is 2.45. The van der Waals surface area contributed by atoms with E-state index in [1.807, 2.05) is 36.4 Å². The maximum Gasteiger partial charge on any atom is 0.337 e. The Morgan fingerprint density at radius 1 is 0.919 bits per heavy atom. The van der Waals surface area contributed by atoms with Gasteiger partial charge >= 0.3 is 5.97 Å². The van der Waals surface area contributed by atoms with Crippen molar-refractivity contribution in [2.75, 3.05) is 13.7 Å². The molecule has 5 rings (SSSR count). The van der Waals surface area contributed by atoms with Gasteiger partial charge in [0.15, 0.2) is 0 Å². The number of Topliss-reactive ketones (excluding diaryl/α,β-unsaturated/α-hetero) is 1. The molecule has 1 aliphatic heterocycles. The Hall–Kier alpha value is -4.78. The zero-order chi connectivity index (χ0) is 25.9. The van der Waals surface area contributed by atoms with E-state index in [9.17, 15) is 19.5 Å². The number of aliphatic hydroxyl groups excluding tert-OH is 1. The molecule has 1 unspecified atom stereocenters. The summed E-state index contributed by atoms with van der Waals surface area (Å²) in [5.41, 5.74) is 2.35. The molecule has 2 heterocycles. The molecule has 7 heteroatoms. The van der Waals surface area contributed by atoms with Crippen molar-refractivity contribution in [3.63, 3.8) is 0 Å². The van der Waals surface area contributed by atoms with Crippen molar-refractivity contribution in [3.8, 4) is 0 Å². The Balaban J connectivity index is 1.54. The predicted octanol–water partition coefficient (Wildman–Crippen LogP) is 4.69. The molecule has 37 heavy (non-hydrogen) atoms. The van der Waals surface area contributed by atoms with Gasteiger partial charge in [-0.25, -0.2) is 4.79 Å². The number of aromatic nitrogens is 1. The average Bonchev–Trinajstić information content (AvgIpc) is 3.20. The number of likely N-dealkylation sites (tertiary alicyclic amines) is 1. The van der Waals surface area contributed by atoms with E-state index < -0.39 is 23.7 Å². The average molecular weight is 493 g/mol. The Kier molecular flexibility index (Phi) is 6.51. The molecule has 1 amide bonds. The Morgan fingerprint density at radius 2 is 1.62 bits per heavy atom. The molecule has 0 spiro atoms. The number of hydrogen-bond donors (Lipinski definition) is 1. The van der Waals surface area contributed by atoms with E-state index in [1.54, 1.807) is 36.4 Å².